The number of nitrogens with zero attached hydrogens (tertiary/aromatic N) is 5. The Morgan fingerprint density at radius 2 is 1.95 bits per heavy atom. The molecule has 2 aromatic rings. The Morgan fingerprint density at radius 1 is 1.26 bits per heavy atom. The maximum atomic E-state index is 11.2. The highest BCUT2D eigenvalue weighted by molar-refractivity contribution is 5.73. The van der Waals surface area contributed by atoms with Gasteiger partial charge in [-0.1, -0.05) is 0 Å². The van der Waals surface area contributed by atoms with Gasteiger partial charge in [0, 0.05) is 32.2 Å². The predicted octanol–water partition coefficient (Wildman–Crippen LogP) is 1.59. The Balaban J connectivity index is 2.45. The zero-order valence-electron chi connectivity index (χ0n) is 10.4. The van der Waals surface area contributed by atoms with Gasteiger partial charge in [0.25, 0.3) is 0 Å². The van der Waals surface area contributed by atoms with Crippen molar-refractivity contribution in [2.45, 2.75) is 0 Å². The van der Waals surface area contributed by atoms with Crippen molar-refractivity contribution in [2.75, 3.05) is 24.3 Å². The van der Waals surface area contributed by atoms with Crippen molar-refractivity contribution < 1.29 is 4.92 Å². The normalized spacial score (nSPS) is 10.0. The van der Waals surface area contributed by atoms with E-state index in [2.05, 4.69) is 20.3 Å². The number of nitrogens with one attached hydrogen (secondary N) is 1. The van der Waals surface area contributed by atoms with E-state index >= 15 is 0 Å². The van der Waals surface area contributed by atoms with Crippen molar-refractivity contribution in [3.8, 4) is 0 Å². The second kappa shape index (κ2) is 5.25. The number of anilines is 3. The SMILES string of the molecule is CN(C)c1ncnc(Nc2ccncc2)c1[N+](=O)[O-]. The van der Waals surface area contributed by atoms with Crippen LogP contribution in [0.25, 0.3) is 0 Å². The summed E-state index contributed by atoms with van der Waals surface area (Å²) in [6.45, 7) is 0. The van der Waals surface area contributed by atoms with E-state index < -0.39 is 4.92 Å². The van der Waals surface area contributed by atoms with E-state index in [-0.39, 0.29) is 17.3 Å². The lowest BCUT2D eigenvalue weighted by Gasteiger charge is -2.13. The molecule has 0 aliphatic carbocycles. The molecule has 19 heavy (non-hydrogen) atoms. The smallest absolute Gasteiger partial charge is 0.353 e. The Kier molecular flexibility index (Phi) is 3.51. The fourth-order valence-electron chi connectivity index (χ4n) is 1.53. The van der Waals surface area contributed by atoms with Gasteiger partial charge in [-0.3, -0.25) is 15.1 Å². The first-order chi connectivity index (χ1) is 9.09. The molecule has 1 N–H and O–H groups in total. The first kappa shape index (κ1) is 12.7. The number of rotatable bonds is 4. The average molecular weight is 260 g/mol. The summed E-state index contributed by atoms with van der Waals surface area (Å²) in [5.74, 6) is 0.395. The van der Waals surface area contributed by atoms with Crippen molar-refractivity contribution in [1.29, 1.82) is 0 Å². The van der Waals surface area contributed by atoms with Gasteiger partial charge in [-0.2, -0.15) is 0 Å². The van der Waals surface area contributed by atoms with E-state index in [1.807, 2.05) is 0 Å². The Bertz CT molecular complexity index is 587. The molecule has 0 unspecified atom stereocenters. The van der Waals surface area contributed by atoms with Gasteiger partial charge in [0.05, 0.1) is 4.92 Å². The van der Waals surface area contributed by atoms with E-state index in [0.29, 0.717) is 5.69 Å². The predicted molar refractivity (Wildman–Crippen MR) is 70.5 cm³/mol. The highest BCUT2D eigenvalue weighted by Crippen LogP contribution is 2.32. The molecular formula is C11H12N6O2. The molecule has 0 aliphatic rings. The van der Waals surface area contributed by atoms with Crippen LogP contribution in [0.1, 0.15) is 0 Å². The number of hydrogen-bond donors (Lipinski definition) is 1. The van der Waals surface area contributed by atoms with E-state index in [0.717, 1.165) is 0 Å². The highest BCUT2D eigenvalue weighted by Gasteiger charge is 2.24. The number of aromatic nitrogens is 3. The maximum Gasteiger partial charge on any atom is 0.353 e. The zero-order chi connectivity index (χ0) is 13.8. The Morgan fingerprint density at radius 3 is 2.53 bits per heavy atom. The molecule has 0 aromatic carbocycles. The second-order valence-electron chi connectivity index (χ2n) is 3.91. The summed E-state index contributed by atoms with van der Waals surface area (Å²) >= 11 is 0. The Hall–Kier alpha value is -2.77. The summed E-state index contributed by atoms with van der Waals surface area (Å²) < 4.78 is 0. The number of hydrogen-bond acceptors (Lipinski definition) is 7. The topological polar surface area (TPSA) is 97.1 Å². The van der Waals surface area contributed by atoms with Crippen LogP contribution in [0.5, 0.6) is 0 Å². The van der Waals surface area contributed by atoms with E-state index in [1.54, 1.807) is 43.5 Å². The molecule has 8 heteroatoms. The van der Waals surface area contributed by atoms with Crippen LogP contribution in [0.2, 0.25) is 0 Å². The molecule has 0 saturated carbocycles. The molecule has 0 amide bonds. The van der Waals surface area contributed by atoms with E-state index in [1.165, 1.54) is 6.33 Å². The van der Waals surface area contributed by atoms with Crippen LogP contribution in [-0.4, -0.2) is 34.0 Å². The van der Waals surface area contributed by atoms with Crippen LogP contribution >= 0.6 is 0 Å². The van der Waals surface area contributed by atoms with Gasteiger partial charge in [-0.15, -0.1) is 0 Å². The lowest BCUT2D eigenvalue weighted by molar-refractivity contribution is -0.383. The molecule has 2 rings (SSSR count). The van der Waals surface area contributed by atoms with Gasteiger partial charge >= 0.3 is 5.69 Å². The first-order valence-corrected chi connectivity index (χ1v) is 5.43. The number of nitro groups is 1. The number of pyridine rings is 1. The molecule has 0 atom stereocenters. The fourth-order valence-corrected chi connectivity index (χ4v) is 1.53. The maximum absolute atomic E-state index is 11.2. The monoisotopic (exact) mass is 260 g/mol. The summed E-state index contributed by atoms with van der Waals surface area (Å²) in [7, 11) is 3.37. The first-order valence-electron chi connectivity index (χ1n) is 5.43. The summed E-state index contributed by atoms with van der Waals surface area (Å²) in [6.07, 6.45) is 4.45. The third-order valence-corrected chi connectivity index (χ3v) is 2.35. The minimum Gasteiger partial charge on any atom is -0.357 e. The van der Waals surface area contributed by atoms with Crippen molar-refractivity contribution in [2.24, 2.45) is 0 Å². The molecule has 0 saturated heterocycles. The summed E-state index contributed by atoms with van der Waals surface area (Å²) in [6, 6.07) is 3.39. The van der Waals surface area contributed by atoms with Gasteiger partial charge in [-0.05, 0) is 12.1 Å². The van der Waals surface area contributed by atoms with Crippen molar-refractivity contribution >= 4 is 23.0 Å². The van der Waals surface area contributed by atoms with E-state index in [4.69, 9.17) is 0 Å². The molecule has 2 heterocycles. The van der Waals surface area contributed by atoms with Gasteiger partial charge in [-0.25, -0.2) is 9.97 Å². The molecular weight excluding hydrogens is 248 g/mol. The van der Waals surface area contributed by atoms with Crippen LogP contribution in [-0.2, 0) is 0 Å². The van der Waals surface area contributed by atoms with Crippen LogP contribution in [0.4, 0.5) is 23.0 Å². The molecule has 0 spiro atoms. The summed E-state index contributed by atoms with van der Waals surface area (Å²) in [4.78, 5) is 24.0. The van der Waals surface area contributed by atoms with Crippen molar-refractivity contribution in [1.82, 2.24) is 15.0 Å². The summed E-state index contributed by atoms with van der Waals surface area (Å²) in [5.41, 5.74) is 0.505. The molecule has 2 aromatic heterocycles. The molecule has 0 bridgehead atoms. The van der Waals surface area contributed by atoms with Gasteiger partial charge in [0.1, 0.15) is 6.33 Å². The fraction of sp³-hybridized carbons (Fsp3) is 0.182. The minimum absolute atomic E-state index is 0.148. The standard InChI is InChI=1S/C11H12N6O2/c1-16(2)11-9(17(18)19)10(13-7-14-11)15-8-3-5-12-6-4-8/h3-7H,1-2H3,(H,12,13,14,15). The molecule has 98 valence electrons. The van der Waals surface area contributed by atoms with Gasteiger partial charge in [0.15, 0.2) is 0 Å². The van der Waals surface area contributed by atoms with Gasteiger partial charge < -0.3 is 10.2 Å². The molecule has 0 fully saturated rings. The lowest BCUT2D eigenvalue weighted by atomic mass is 10.3. The van der Waals surface area contributed by atoms with Crippen LogP contribution < -0.4 is 10.2 Å². The van der Waals surface area contributed by atoms with Crippen LogP contribution in [0.3, 0.4) is 0 Å². The van der Waals surface area contributed by atoms with Crippen LogP contribution in [0.15, 0.2) is 30.9 Å². The zero-order valence-corrected chi connectivity index (χ0v) is 10.4. The minimum atomic E-state index is -0.501. The highest BCUT2D eigenvalue weighted by atomic mass is 16.6. The summed E-state index contributed by atoms with van der Waals surface area (Å²) in [5, 5.41) is 14.1. The van der Waals surface area contributed by atoms with Crippen molar-refractivity contribution in [3.63, 3.8) is 0 Å². The second-order valence-corrected chi connectivity index (χ2v) is 3.91. The van der Waals surface area contributed by atoms with Gasteiger partial charge in [0.2, 0.25) is 11.6 Å². The lowest BCUT2D eigenvalue weighted by Crippen LogP contribution is -2.14. The average Bonchev–Trinajstić information content (AvgIpc) is 2.39. The molecule has 0 aliphatic heterocycles. The largest absolute Gasteiger partial charge is 0.357 e. The third-order valence-electron chi connectivity index (χ3n) is 2.35. The third kappa shape index (κ3) is 2.73. The quantitative estimate of drug-likeness (QED) is 0.658. The van der Waals surface area contributed by atoms with E-state index in [9.17, 15) is 10.1 Å². The Labute approximate surface area is 109 Å². The molecule has 8 nitrogen and oxygen atoms in total. The molecule has 0 radical (unpaired) electrons. The van der Waals surface area contributed by atoms with Crippen molar-refractivity contribution in [3.05, 3.63) is 41.0 Å². The van der Waals surface area contributed by atoms with Crippen LogP contribution in [0, 0.1) is 10.1 Å².